The molecular weight excluding hydrogens is 289 g/mol. The van der Waals surface area contributed by atoms with Crippen LogP contribution in [0.25, 0.3) is 0 Å². The van der Waals surface area contributed by atoms with Crippen LogP contribution in [0.5, 0.6) is 0 Å². The zero-order valence-corrected chi connectivity index (χ0v) is 13.0. The summed E-state index contributed by atoms with van der Waals surface area (Å²) in [7, 11) is 0. The highest BCUT2D eigenvalue weighted by Gasteiger charge is 2.33. The van der Waals surface area contributed by atoms with Crippen molar-refractivity contribution in [3.05, 3.63) is 34.6 Å². The maximum atomic E-state index is 14.1. The molecule has 2 unspecified atom stereocenters. The van der Waals surface area contributed by atoms with E-state index in [4.69, 9.17) is 17.3 Å². The summed E-state index contributed by atoms with van der Waals surface area (Å²) in [5.74, 6) is -0.209. The molecule has 2 heterocycles. The molecule has 0 spiro atoms. The SMILES string of the molecule is NCC(c1cc(Cl)ccc1F)N1CCC(N2CCCC2)C1. The molecule has 2 fully saturated rings. The van der Waals surface area contributed by atoms with Crippen molar-refractivity contribution in [1.82, 2.24) is 9.80 Å². The van der Waals surface area contributed by atoms with E-state index in [1.165, 1.54) is 32.0 Å². The Morgan fingerprint density at radius 1 is 1.29 bits per heavy atom. The van der Waals surface area contributed by atoms with Gasteiger partial charge in [-0.25, -0.2) is 4.39 Å². The molecule has 0 aromatic heterocycles. The van der Waals surface area contributed by atoms with Gasteiger partial charge in [-0.05, 0) is 50.6 Å². The highest BCUT2D eigenvalue weighted by atomic mass is 35.5. The van der Waals surface area contributed by atoms with Gasteiger partial charge in [-0.3, -0.25) is 9.80 Å². The van der Waals surface area contributed by atoms with Crippen LogP contribution in [0.2, 0.25) is 5.02 Å². The molecule has 0 saturated carbocycles. The summed E-state index contributed by atoms with van der Waals surface area (Å²) < 4.78 is 14.1. The predicted octanol–water partition coefficient (Wildman–Crippen LogP) is 2.65. The van der Waals surface area contributed by atoms with Gasteiger partial charge in [0.2, 0.25) is 0 Å². The van der Waals surface area contributed by atoms with Crippen LogP contribution in [-0.4, -0.2) is 48.6 Å². The largest absolute Gasteiger partial charge is 0.329 e. The lowest BCUT2D eigenvalue weighted by atomic mass is 10.1. The predicted molar refractivity (Wildman–Crippen MR) is 84.0 cm³/mol. The monoisotopic (exact) mass is 311 g/mol. The molecule has 0 radical (unpaired) electrons. The fraction of sp³-hybridized carbons (Fsp3) is 0.625. The maximum Gasteiger partial charge on any atom is 0.128 e. The molecule has 3 nitrogen and oxygen atoms in total. The minimum absolute atomic E-state index is 0.0729. The van der Waals surface area contributed by atoms with Gasteiger partial charge < -0.3 is 5.73 Å². The van der Waals surface area contributed by atoms with Crippen molar-refractivity contribution < 1.29 is 4.39 Å². The van der Waals surface area contributed by atoms with Crippen molar-refractivity contribution in [2.75, 3.05) is 32.7 Å². The number of hydrogen-bond donors (Lipinski definition) is 1. The molecule has 2 saturated heterocycles. The van der Waals surface area contributed by atoms with Crippen LogP contribution in [0.3, 0.4) is 0 Å². The van der Waals surface area contributed by atoms with E-state index in [0.717, 1.165) is 19.5 Å². The van der Waals surface area contributed by atoms with Gasteiger partial charge in [0.1, 0.15) is 5.82 Å². The van der Waals surface area contributed by atoms with E-state index in [9.17, 15) is 4.39 Å². The minimum Gasteiger partial charge on any atom is -0.329 e. The number of rotatable bonds is 4. The lowest BCUT2D eigenvalue weighted by Gasteiger charge is -2.29. The van der Waals surface area contributed by atoms with Crippen LogP contribution in [0, 0.1) is 5.82 Å². The van der Waals surface area contributed by atoms with E-state index in [1.807, 2.05) is 0 Å². The van der Waals surface area contributed by atoms with Gasteiger partial charge in [0.05, 0.1) is 6.04 Å². The van der Waals surface area contributed by atoms with Crippen molar-refractivity contribution in [3.63, 3.8) is 0 Å². The topological polar surface area (TPSA) is 32.5 Å². The van der Waals surface area contributed by atoms with Crippen LogP contribution >= 0.6 is 11.6 Å². The van der Waals surface area contributed by atoms with Gasteiger partial charge in [-0.2, -0.15) is 0 Å². The average molecular weight is 312 g/mol. The van der Waals surface area contributed by atoms with Crippen LogP contribution in [0.15, 0.2) is 18.2 Å². The standard InChI is InChI=1S/C16H23ClFN3/c17-12-3-4-15(18)14(9-12)16(10-19)21-8-5-13(11-21)20-6-1-2-7-20/h3-4,9,13,16H,1-2,5-8,10-11,19H2. The van der Waals surface area contributed by atoms with E-state index in [-0.39, 0.29) is 11.9 Å². The van der Waals surface area contributed by atoms with Crippen LogP contribution in [-0.2, 0) is 0 Å². The van der Waals surface area contributed by atoms with Crippen LogP contribution in [0.1, 0.15) is 30.9 Å². The fourth-order valence-corrected chi connectivity index (χ4v) is 3.88. The Balaban J connectivity index is 1.73. The maximum absolute atomic E-state index is 14.1. The first-order valence-corrected chi connectivity index (χ1v) is 8.20. The van der Waals surface area contributed by atoms with Crippen LogP contribution < -0.4 is 5.73 Å². The van der Waals surface area contributed by atoms with Gasteiger partial charge >= 0.3 is 0 Å². The van der Waals surface area contributed by atoms with E-state index < -0.39 is 0 Å². The third-order valence-electron chi connectivity index (χ3n) is 4.83. The van der Waals surface area contributed by atoms with E-state index in [2.05, 4.69) is 9.80 Å². The summed E-state index contributed by atoms with van der Waals surface area (Å²) in [6.45, 7) is 4.79. The number of halogens is 2. The third kappa shape index (κ3) is 3.24. The Labute approximate surface area is 130 Å². The molecule has 2 N–H and O–H groups in total. The first kappa shape index (κ1) is 15.2. The molecule has 3 rings (SSSR count). The number of hydrogen-bond acceptors (Lipinski definition) is 3. The van der Waals surface area contributed by atoms with E-state index in [0.29, 0.717) is 23.2 Å². The number of likely N-dealkylation sites (tertiary alicyclic amines) is 2. The lowest BCUT2D eigenvalue weighted by molar-refractivity contribution is 0.200. The number of benzene rings is 1. The zero-order valence-electron chi connectivity index (χ0n) is 12.3. The van der Waals surface area contributed by atoms with Gasteiger partial charge in [0.15, 0.2) is 0 Å². The highest BCUT2D eigenvalue weighted by molar-refractivity contribution is 6.30. The summed E-state index contributed by atoms with van der Waals surface area (Å²) in [6.07, 6.45) is 3.76. The lowest BCUT2D eigenvalue weighted by Crippen LogP contribution is -2.38. The Morgan fingerprint density at radius 2 is 2.05 bits per heavy atom. The van der Waals surface area contributed by atoms with Crippen molar-refractivity contribution in [2.24, 2.45) is 5.73 Å². The molecular formula is C16H23ClFN3. The Morgan fingerprint density at radius 3 is 2.76 bits per heavy atom. The molecule has 5 heteroatoms. The smallest absolute Gasteiger partial charge is 0.128 e. The number of nitrogens with zero attached hydrogens (tertiary/aromatic N) is 2. The Hall–Kier alpha value is -0.680. The molecule has 2 atom stereocenters. The van der Waals surface area contributed by atoms with Gasteiger partial charge in [0.25, 0.3) is 0 Å². The van der Waals surface area contributed by atoms with Gasteiger partial charge in [0, 0.05) is 36.3 Å². The summed E-state index contributed by atoms with van der Waals surface area (Å²) >= 11 is 6.02. The second kappa shape index (κ2) is 6.61. The first-order valence-electron chi connectivity index (χ1n) is 7.82. The molecule has 0 bridgehead atoms. The first-order chi connectivity index (χ1) is 10.2. The average Bonchev–Trinajstić information content (AvgIpc) is 3.14. The number of nitrogens with two attached hydrogens (primary N) is 1. The Kier molecular flexibility index (Phi) is 4.79. The summed E-state index contributed by atoms with van der Waals surface area (Å²) in [4.78, 5) is 4.89. The summed E-state index contributed by atoms with van der Waals surface area (Å²) in [5, 5.41) is 0.570. The van der Waals surface area contributed by atoms with Gasteiger partial charge in [-0.15, -0.1) is 0 Å². The molecule has 0 amide bonds. The molecule has 21 heavy (non-hydrogen) atoms. The molecule has 1 aromatic rings. The van der Waals surface area contributed by atoms with Gasteiger partial charge in [-0.1, -0.05) is 11.6 Å². The van der Waals surface area contributed by atoms with Crippen molar-refractivity contribution >= 4 is 11.6 Å². The fourth-order valence-electron chi connectivity index (χ4n) is 3.70. The second-order valence-electron chi connectivity index (χ2n) is 6.10. The molecule has 2 aliphatic rings. The minimum atomic E-state index is -0.209. The van der Waals surface area contributed by atoms with E-state index in [1.54, 1.807) is 12.1 Å². The highest BCUT2D eigenvalue weighted by Crippen LogP contribution is 2.30. The van der Waals surface area contributed by atoms with Crippen LogP contribution in [0.4, 0.5) is 4.39 Å². The quantitative estimate of drug-likeness (QED) is 0.928. The van der Waals surface area contributed by atoms with Crippen molar-refractivity contribution in [2.45, 2.75) is 31.3 Å². The normalized spacial score (nSPS) is 25.6. The molecule has 2 aliphatic heterocycles. The van der Waals surface area contributed by atoms with Crippen molar-refractivity contribution in [3.8, 4) is 0 Å². The van der Waals surface area contributed by atoms with E-state index >= 15 is 0 Å². The zero-order chi connectivity index (χ0) is 14.8. The Bertz CT molecular complexity index is 490. The summed E-state index contributed by atoms with van der Waals surface area (Å²) in [5.41, 5.74) is 6.57. The molecule has 0 aliphatic carbocycles. The van der Waals surface area contributed by atoms with Crippen molar-refractivity contribution in [1.29, 1.82) is 0 Å². The second-order valence-corrected chi connectivity index (χ2v) is 6.53. The summed E-state index contributed by atoms with van der Waals surface area (Å²) in [6, 6.07) is 5.27. The third-order valence-corrected chi connectivity index (χ3v) is 5.07. The molecule has 1 aromatic carbocycles. The molecule has 116 valence electrons.